The lowest BCUT2D eigenvalue weighted by molar-refractivity contribution is 0.275. The number of rotatable bonds is 7. The van der Waals surface area contributed by atoms with Gasteiger partial charge in [-0.3, -0.25) is 0 Å². The Balaban J connectivity index is 2.53. The van der Waals surface area contributed by atoms with Crippen LogP contribution in [-0.2, 0) is 5.88 Å². The van der Waals surface area contributed by atoms with E-state index in [0.717, 1.165) is 25.7 Å². The molecule has 0 unspecified atom stereocenters. The summed E-state index contributed by atoms with van der Waals surface area (Å²) in [7, 11) is 0. The second kappa shape index (κ2) is 7.49. The molecule has 0 bridgehead atoms. The topological polar surface area (TPSA) is 9.23 Å². The minimum atomic E-state index is -0.684. The van der Waals surface area contributed by atoms with Crippen LogP contribution in [0.15, 0.2) is 12.1 Å². The van der Waals surface area contributed by atoms with E-state index in [1.54, 1.807) is 0 Å². The summed E-state index contributed by atoms with van der Waals surface area (Å²) in [5.41, 5.74) is 0.417. The van der Waals surface area contributed by atoms with Crippen molar-refractivity contribution >= 4 is 11.6 Å². The van der Waals surface area contributed by atoms with Crippen LogP contribution in [0.1, 0.15) is 38.2 Å². The van der Waals surface area contributed by atoms with Crippen molar-refractivity contribution in [2.24, 2.45) is 0 Å². The first-order chi connectivity index (χ1) is 8.19. The summed E-state index contributed by atoms with van der Waals surface area (Å²) in [4.78, 5) is 0. The molecule has 0 aliphatic carbocycles. The highest BCUT2D eigenvalue weighted by Crippen LogP contribution is 2.24. The summed E-state index contributed by atoms with van der Waals surface area (Å²) in [6.45, 7) is 2.44. The predicted octanol–water partition coefficient (Wildman–Crippen LogP) is 4.66. The third-order valence-electron chi connectivity index (χ3n) is 2.46. The van der Waals surface area contributed by atoms with Gasteiger partial charge in [-0.1, -0.05) is 26.2 Å². The fourth-order valence-electron chi connectivity index (χ4n) is 1.53. The molecule has 1 aromatic carbocycles. The van der Waals surface area contributed by atoms with Gasteiger partial charge in [-0.25, -0.2) is 8.78 Å². The quantitative estimate of drug-likeness (QED) is 0.513. The first-order valence-electron chi connectivity index (χ1n) is 5.85. The zero-order chi connectivity index (χ0) is 12.7. The number of hydrogen-bond donors (Lipinski definition) is 0. The molecule has 96 valence electrons. The summed E-state index contributed by atoms with van der Waals surface area (Å²) in [5, 5.41) is 0. The summed E-state index contributed by atoms with van der Waals surface area (Å²) in [6.07, 6.45) is 4.05. The van der Waals surface area contributed by atoms with Crippen molar-refractivity contribution in [3.05, 3.63) is 29.3 Å². The number of alkyl halides is 1. The van der Waals surface area contributed by atoms with E-state index in [1.165, 1.54) is 12.1 Å². The van der Waals surface area contributed by atoms with Crippen LogP contribution >= 0.6 is 11.6 Å². The first-order valence-corrected chi connectivity index (χ1v) is 6.39. The summed E-state index contributed by atoms with van der Waals surface area (Å²) in [6, 6.07) is 2.41. The monoisotopic (exact) mass is 262 g/mol. The van der Waals surface area contributed by atoms with Crippen LogP contribution < -0.4 is 4.74 Å². The molecule has 0 amide bonds. The molecule has 0 aromatic heterocycles. The second-order valence-corrected chi connectivity index (χ2v) is 4.20. The van der Waals surface area contributed by atoms with Crippen LogP contribution in [0.4, 0.5) is 8.78 Å². The van der Waals surface area contributed by atoms with Crippen LogP contribution in [-0.4, -0.2) is 6.61 Å². The van der Waals surface area contributed by atoms with Gasteiger partial charge in [0.05, 0.1) is 6.61 Å². The molecule has 4 heteroatoms. The Kier molecular flexibility index (Phi) is 6.27. The Hall–Kier alpha value is -0.830. The first kappa shape index (κ1) is 14.2. The van der Waals surface area contributed by atoms with Crippen LogP contribution in [0.3, 0.4) is 0 Å². The number of ether oxygens (including phenoxy) is 1. The van der Waals surface area contributed by atoms with E-state index >= 15 is 0 Å². The minimum absolute atomic E-state index is 0.0879. The fraction of sp³-hybridized carbons (Fsp3) is 0.538. The maximum atomic E-state index is 13.4. The highest BCUT2D eigenvalue weighted by atomic mass is 35.5. The Morgan fingerprint density at radius 1 is 1.12 bits per heavy atom. The lowest BCUT2D eigenvalue weighted by atomic mass is 10.2. The molecule has 0 fully saturated rings. The Labute approximate surface area is 106 Å². The lowest BCUT2D eigenvalue weighted by Crippen LogP contribution is -2.02. The third-order valence-corrected chi connectivity index (χ3v) is 2.77. The molecule has 0 heterocycles. The van der Waals surface area contributed by atoms with Gasteiger partial charge in [0.25, 0.3) is 0 Å². The normalized spacial score (nSPS) is 10.6. The highest BCUT2D eigenvalue weighted by Gasteiger charge is 2.12. The summed E-state index contributed by atoms with van der Waals surface area (Å²) < 4.78 is 32.0. The van der Waals surface area contributed by atoms with E-state index in [1.807, 2.05) is 0 Å². The van der Waals surface area contributed by atoms with Crippen LogP contribution in [0, 0.1) is 11.6 Å². The van der Waals surface area contributed by atoms with Gasteiger partial charge >= 0.3 is 0 Å². The van der Waals surface area contributed by atoms with Gasteiger partial charge in [0.15, 0.2) is 17.4 Å². The average molecular weight is 263 g/mol. The van der Waals surface area contributed by atoms with Gasteiger partial charge in [0, 0.05) is 5.88 Å². The van der Waals surface area contributed by atoms with Crippen molar-refractivity contribution in [2.75, 3.05) is 6.61 Å². The number of benzene rings is 1. The fourth-order valence-corrected chi connectivity index (χ4v) is 1.68. The van der Waals surface area contributed by atoms with Crippen LogP contribution in [0.5, 0.6) is 5.75 Å². The Bertz CT molecular complexity index is 332. The molecule has 0 aliphatic rings. The van der Waals surface area contributed by atoms with Gasteiger partial charge in [0.2, 0.25) is 0 Å². The average Bonchev–Trinajstić information content (AvgIpc) is 2.31. The van der Waals surface area contributed by atoms with Gasteiger partial charge in [-0.05, 0) is 24.1 Å². The molecule has 0 saturated carbocycles. The SMILES string of the molecule is CCCCCCOc1c(F)cc(CCl)cc1F. The lowest BCUT2D eigenvalue weighted by Gasteiger charge is -2.09. The molecule has 0 N–H and O–H groups in total. The molecular weight excluding hydrogens is 246 g/mol. The minimum Gasteiger partial charge on any atom is -0.488 e. The van der Waals surface area contributed by atoms with E-state index in [4.69, 9.17) is 16.3 Å². The van der Waals surface area contributed by atoms with Crippen molar-refractivity contribution in [1.82, 2.24) is 0 Å². The van der Waals surface area contributed by atoms with Crippen LogP contribution in [0.2, 0.25) is 0 Å². The molecule has 1 rings (SSSR count). The van der Waals surface area contributed by atoms with E-state index < -0.39 is 11.6 Å². The molecule has 17 heavy (non-hydrogen) atoms. The number of halogens is 3. The van der Waals surface area contributed by atoms with Gasteiger partial charge < -0.3 is 4.74 Å². The van der Waals surface area contributed by atoms with E-state index in [-0.39, 0.29) is 11.6 Å². The van der Waals surface area contributed by atoms with E-state index in [0.29, 0.717) is 12.2 Å². The zero-order valence-corrected chi connectivity index (χ0v) is 10.7. The maximum absolute atomic E-state index is 13.4. The van der Waals surface area contributed by atoms with Gasteiger partial charge in [-0.2, -0.15) is 0 Å². The molecule has 0 radical (unpaired) electrons. The molecule has 0 saturated heterocycles. The number of hydrogen-bond acceptors (Lipinski definition) is 1. The molecule has 1 nitrogen and oxygen atoms in total. The Morgan fingerprint density at radius 2 is 1.76 bits per heavy atom. The zero-order valence-electron chi connectivity index (χ0n) is 9.94. The van der Waals surface area contributed by atoms with Crippen molar-refractivity contribution in [2.45, 2.75) is 38.5 Å². The highest BCUT2D eigenvalue weighted by molar-refractivity contribution is 6.17. The Morgan fingerprint density at radius 3 is 2.29 bits per heavy atom. The summed E-state index contributed by atoms with van der Waals surface area (Å²) >= 11 is 5.51. The van der Waals surface area contributed by atoms with Crippen molar-refractivity contribution in [3.8, 4) is 5.75 Å². The number of unbranched alkanes of at least 4 members (excludes halogenated alkanes) is 3. The molecular formula is C13H17ClF2O. The largest absolute Gasteiger partial charge is 0.488 e. The predicted molar refractivity (Wildman–Crippen MR) is 65.6 cm³/mol. The maximum Gasteiger partial charge on any atom is 0.190 e. The van der Waals surface area contributed by atoms with Crippen molar-refractivity contribution < 1.29 is 13.5 Å². The van der Waals surface area contributed by atoms with E-state index in [2.05, 4.69) is 6.92 Å². The molecule has 0 aliphatic heterocycles. The molecule has 0 spiro atoms. The molecule has 1 aromatic rings. The standard InChI is InChI=1S/C13H17ClF2O/c1-2-3-4-5-6-17-13-11(15)7-10(9-14)8-12(13)16/h7-8H,2-6,9H2,1H3. The smallest absolute Gasteiger partial charge is 0.190 e. The third kappa shape index (κ3) is 4.50. The van der Waals surface area contributed by atoms with Gasteiger partial charge in [0.1, 0.15) is 0 Å². The molecule has 0 atom stereocenters. The van der Waals surface area contributed by atoms with Gasteiger partial charge in [-0.15, -0.1) is 11.6 Å². The van der Waals surface area contributed by atoms with Crippen molar-refractivity contribution in [1.29, 1.82) is 0 Å². The van der Waals surface area contributed by atoms with E-state index in [9.17, 15) is 8.78 Å². The van der Waals surface area contributed by atoms with Crippen molar-refractivity contribution in [3.63, 3.8) is 0 Å². The van der Waals surface area contributed by atoms with Crippen LogP contribution in [0.25, 0.3) is 0 Å². The summed E-state index contributed by atoms with van der Waals surface area (Å²) in [5.74, 6) is -1.58. The second-order valence-electron chi connectivity index (χ2n) is 3.93.